The Hall–Kier alpha value is -2.03. The number of piperazine rings is 1. The number of morpholine rings is 1. The molecule has 1 aromatic carbocycles. The Morgan fingerprint density at radius 1 is 0.964 bits per heavy atom. The van der Waals surface area contributed by atoms with Crippen LogP contribution in [0.3, 0.4) is 0 Å². The van der Waals surface area contributed by atoms with E-state index >= 15 is 0 Å². The number of carbonyl (C=O) groups excluding carboxylic acids is 2. The average Bonchev–Trinajstić information content (AvgIpc) is 2.71. The van der Waals surface area contributed by atoms with Gasteiger partial charge in [0.15, 0.2) is 0 Å². The molecule has 0 spiro atoms. The van der Waals surface area contributed by atoms with Crippen molar-refractivity contribution in [3.05, 3.63) is 35.6 Å². The van der Waals surface area contributed by atoms with Crippen LogP contribution in [0, 0.1) is 5.82 Å². The predicted octanol–water partition coefficient (Wildman–Crippen LogP) is 0.261. The molecule has 0 bridgehead atoms. The first-order valence-electron chi connectivity index (χ1n) is 9.80. The van der Waals surface area contributed by atoms with Gasteiger partial charge in [-0.2, -0.15) is 0 Å². The Bertz CT molecular complexity index is 656. The zero-order valence-corrected chi connectivity index (χ0v) is 16.5. The standard InChI is InChI=1S/C20H29FN4O3/c1-22(14-17-2-4-18(21)5-3-17)19(26)15-23-6-8-25(9-7-23)20(27)16-24-10-12-28-13-11-24/h2-5H,6-16H2,1H3. The van der Waals surface area contributed by atoms with E-state index in [2.05, 4.69) is 9.80 Å². The summed E-state index contributed by atoms with van der Waals surface area (Å²) in [5.74, 6) is -0.0995. The molecule has 2 aliphatic heterocycles. The third-order valence-electron chi connectivity index (χ3n) is 5.31. The zero-order chi connectivity index (χ0) is 19.9. The van der Waals surface area contributed by atoms with Crippen molar-refractivity contribution >= 4 is 11.8 Å². The minimum Gasteiger partial charge on any atom is -0.379 e. The van der Waals surface area contributed by atoms with Crippen molar-refractivity contribution < 1.29 is 18.7 Å². The topological polar surface area (TPSA) is 56.3 Å². The van der Waals surface area contributed by atoms with Crippen molar-refractivity contribution in [2.75, 3.05) is 72.6 Å². The van der Waals surface area contributed by atoms with E-state index in [0.29, 0.717) is 59.0 Å². The number of hydrogen-bond acceptors (Lipinski definition) is 5. The Balaban J connectivity index is 1.38. The zero-order valence-electron chi connectivity index (χ0n) is 16.5. The molecule has 0 atom stereocenters. The van der Waals surface area contributed by atoms with E-state index in [9.17, 15) is 14.0 Å². The first kappa shape index (κ1) is 20.7. The van der Waals surface area contributed by atoms with Crippen molar-refractivity contribution in [3.63, 3.8) is 0 Å². The summed E-state index contributed by atoms with van der Waals surface area (Å²) in [5, 5.41) is 0. The van der Waals surface area contributed by atoms with E-state index in [4.69, 9.17) is 4.74 Å². The lowest BCUT2D eigenvalue weighted by Crippen LogP contribution is -2.53. The van der Waals surface area contributed by atoms with Gasteiger partial charge in [0.05, 0.1) is 26.3 Å². The molecule has 0 unspecified atom stereocenters. The monoisotopic (exact) mass is 392 g/mol. The quantitative estimate of drug-likeness (QED) is 0.695. The van der Waals surface area contributed by atoms with Gasteiger partial charge in [-0.15, -0.1) is 0 Å². The van der Waals surface area contributed by atoms with Crippen LogP contribution in [0.4, 0.5) is 4.39 Å². The number of benzene rings is 1. The first-order valence-corrected chi connectivity index (χ1v) is 9.80. The van der Waals surface area contributed by atoms with Crippen LogP contribution in [0.1, 0.15) is 5.56 Å². The second-order valence-electron chi connectivity index (χ2n) is 7.42. The van der Waals surface area contributed by atoms with Crippen LogP contribution in [0.2, 0.25) is 0 Å². The molecule has 2 fully saturated rings. The third-order valence-corrected chi connectivity index (χ3v) is 5.31. The van der Waals surface area contributed by atoms with Crippen LogP contribution in [0.5, 0.6) is 0 Å². The van der Waals surface area contributed by atoms with Crippen LogP contribution in [-0.4, -0.2) is 104 Å². The van der Waals surface area contributed by atoms with Crippen LogP contribution < -0.4 is 0 Å². The largest absolute Gasteiger partial charge is 0.379 e. The molecule has 8 heteroatoms. The number of ether oxygens (including phenoxy) is 1. The average molecular weight is 392 g/mol. The van der Waals surface area contributed by atoms with Gasteiger partial charge in [0.2, 0.25) is 11.8 Å². The predicted molar refractivity (Wildman–Crippen MR) is 103 cm³/mol. The summed E-state index contributed by atoms with van der Waals surface area (Å²) in [6, 6.07) is 6.19. The van der Waals surface area contributed by atoms with Crippen molar-refractivity contribution in [2.24, 2.45) is 0 Å². The number of rotatable bonds is 6. The van der Waals surface area contributed by atoms with Crippen molar-refractivity contribution in [1.82, 2.24) is 19.6 Å². The highest BCUT2D eigenvalue weighted by atomic mass is 19.1. The Kier molecular flexibility index (Phi) is 7.36. The molecule has 0 saturated carbocycles. The molecular formula is C20H29FN4O3. The maximum Gasteiger partial charge on any atom is 0.236 e. The van der Waals surface area contributed by atoms with E-state index in [1.54, 1.807) is 24.1 Å². The number of hydrogen-bond donors (Lipinski definition) is 0. The lowest BCUT2D eigenvalue weighted by atomic mass is 10.2. The molecule has 154 valence electrons. The van der Waals surface area contributed by atoms with Gasteiger partial charge >= 0.3 is 0 Å². The van der Waals surface area contributed by atoms with E-state index in [1.807, 2.05) is 4.90 Å². The van der Waals surface area contributed by atoms with Gasteiger partial charge in [-0.3, -0.25) is 19.4 Å². The van der Waals surface area contributed by atoms with Crippen molar-refractivity contribution in [3.8, 4) is 0 Å². The summed E-state index contributed by atoms with van der Waals surface area (Å²) in [7, 11) is 1.76. The van der Waals surface area contributed by atoms with Gasteiger partial charge in [-0.25, -0.2) is 4.39 Å². The number of likely N-dealkylation sites (N-methyl/N-ethyl adjacent to an activating group) is 1. The molecule has 2 aliphatic rings. The van der Waals surface area contributed by atoms with Crippen molar-refractivity contribution in [1.29, 1.82) is 0 Å². The highest BCUT2D eigenvalue weighted by Crippen LogP contribution is 2.08. The van der Waals surface area contributed by atoms with Crippen LogP contribution in [0.25, 0.3) is 0 Å². The molecule has 2 amide bonds. The molecule has 0 N–H and O–H groups in total. The molecule has 2 heterocycles. The normalized spacial score (nSPS) is 18.9. The molecule has 0 aromatic heterocycles. The Morgan fingerprint density at radius 3 is 2.21 bits per heavy atom. The highest BCUT2D eigenvalue weighted by Gasteiger charge is 2.25. The fourth-order valence-corrected chi connectivity index (χ4v) is 3.47. The molecule has 28 heavy (non-hydrogen) atoms. The summed E-state index contributed by atoms with van der Waals surface area (Å²) in [5.41, 5.74) is 0.899. The van der Waals surface area contributed by atoms with Gasteiger partial charge in [-0.05, 0) is 17.7 Å². The van der Waals surface area contributed by atoms with E-state index in [1.165, 1.54) is 12.1 Å². The lowest BCUT2D eigenvalue weighted by molar-refractivity contribution is -0.136. The number of nitrogens with zero attached hydrogens (tertiary/aromatic N) is 4. The molecular weight excluding hydrogens is 363 g/mol. The lowest BCUT2D eigenvalue weighted by Gasteiger charge is -2.36. The summed E-state index contributed by atoms with van der Waals surface area (Å²) in [4.78, 5) is 32.7. The third kappa shape index (κ3) is 5.98. The van der Waals surface area contributed by atoms with Gasteiger partial charge in [0.25, 0.3) is 0 Å². The summed E-state index contributed by atoms with van der Waals surface area (Å²) in [6.07, 6.45) is 0. The molecule has 3 rings (SSSR count). The Labute approximate surface area is 165 Å². The van der Waals surface area contributed by atoms with Crippen LogP contribution >= 0.6 is 0 Å². The highest BCUT2D eigenvalue weighted by molar-refractivity contribution is 5.79. The summed E-state index contributed by atoms with van der Waals surface area (Å²) < 4.78 is 18.3. The van der Waals surface area contributed by atoms with E-state index < -0.39 is 0 Å². The van der Waals surface area contributed by atoms with E-state index in [-0.39, 0.29) is 17.6 Å². The van der Waals surface area contributed by atoms with Gasteiger partial charge in [-0.1, -0.05) is 12.1 Å². The minimum atomic E-state index is -0.279. The van der Waals surface area contributed by atoms with Gasteiger partial charge in [0, 0.05) is 52.9 Å². The summed E-state index contributed by atoms with van der Waals surface area (Å²) >= 11 is 0. The second kappa shape index (κ2) is 9.95. The number of carbonyl (C=O) groups is 2. The fraction of sp³-hybridized carbons (Fsp3) is 0.600. The number of amides is 2. The minimum absolute atomic E-state index is 0.0254. The first-order chi connectivity index (χ1) is 13.5. The van der Waals surface area contributed by atoms with Gasteiger partial charge < -0.3 is 14.5 Å². The van der Waals surface area contributed by atoms with E-state index in [0.717, 1.165) is 18.7 Å². The smallest absolute Gasteiger partial charge is 0.236 e. The summed E-state index contributed by atoms with van der Waals surface area (Å²) in [6.45, 7) is 6.93. The van der Waals surface area contributed by atoms with Crippen LogP contribution in [0.15, 0.2) is 24.3 Å². The molecule has 7 nitrogen and oxygen atoms in total. The SMILES string of the molecule is CN(Cc1ccc(F)cc1)C(=O)CN1CCN(C(=O)CN2CCOCC2)CC1. The van der Waals surface area contributed by atoms with Gasteiger partial charge in [0.1, 0.15) is 5.82 Å². The second-order valence-corrected chi connectivity index (χ2v) is 7.42. The Morgan fingerprint density at radius 2 is 1.57 bits per heavy atom. The maximum atomic E-state index is 13.0. The maximum absolute atomic E-state index is 13.0. The van der Waals surface area contributed by atoms with Crippen LogP contribution in [-0.2, 0) is 20.9 Å². The fourth-order valence-electron chi connectivity index (χ4n) is 3.47. The molecule has 0 aliphatic carbocycles. The molecule has 2 saturated heterocycles. The molecule has 0 radical (unpaired) electrons. The molecule has 1 aromatic rings. The number of halogens is 1. The van der Waals surface area contributed by atoms with Crippen molar-refractivity contribution in [2.45, 2.75) is 6.54 Å².